The highest BCUT2D eigenvalue weighted by Gasteiger charge is 2.24. The van der Waals surface area contributed by atoms with Gasteiger partial charge in [-0.25, -0.2) is 0 Å². The van der Waals surface area contributed by atoms with Gasteiger partial charge in [-0.15, -0.1) is 0 Å². The molecule has 1 heterocycles. The van der Waals surface area contributed by atoms with Crippen molar-refractivity contribution in [2.75, 3.05) is 32.2 Å². The highest BCUT2D eigenvalue weighted by molar-refractivity contribution is 5.51. The van der Waals surface area contributed by atoms with Crippen LogP contribution in [0.3, 0.4) is 0 Å². The molecule has 0 spiro atoms. The van der Waals surface area contributed by atoms with E-state index in [-0.39, 0.29) is 5.60 Å². The van der Waals surface area contributed by atoms with Crippen LogP contribution in [0, 0.1) is 0 Å². The largest absolute Gasteiger partial charge is 0.497 e. The predicted molar refractivity (Wildman–Crippen MR) is 96.5 cm³/mol. The van der Waals surface area contributed by atoms with Crippen LogP contribution in [-0.4, -0.2) is 45.0 Å². The molecule has 4 heteroatoms. The molecule has 1 atom stereocenters. The van der Waals surface area contributed by atoms with Gasteiger partial charge in [-0.2, -0.15) is 0 Å². The third-order valence-corrected chi connectivity index (χ3v) is 4.78. The van der Waals surface area contributed by atoms with Crippen LogP contribution in [0.4, 0.5) is 5.69 Å². The molecule has 1 saturated heterocycles. The Morgan fingerprint density at radius 1 is 1.26 bits per heavy atom. The molecule has 1 fully saturated rings. The Hall–Kier alpha value is -1.26. The fourth-order valence-corrected chi connectivity index (χ4v) is 3.39. The Balaban J connectivity index is 1.81. The SMILES string of the molecule is COc1cccc(N2CCC(NC(C)CC(C)(C)OC)CC2)c1. The quantitative estimate of drug-likeness (QED) is 0.834. The molecule has 0 bridgehead atoms. The summed E-state index contributed by atoms with van der Waals surface area (Å²) in [7, 11) is 3.51. The van der Waals surface area contributed by atoms with Gasteiger partial charge in [0.1, 0.15) is 5.75 Å². The first kappa shape index (κ1) is 18.1. The van der Waals surface area contributed by atoms with E-state index in [0.717, 1.165) is 25.3 Å². The van der Waals surface area contributed by atoms with Crippen LogP contribution in [0.25, 0.3) is 0 Å². The molecule has 0 aromatic heterocycles. The maximum atomic E-state index is 5.53. The van der Waals surface area contributed by atoms with E-state index >= 15 is 0 Å². The van der Waals surface area contributed by atoms with Crippen molar-refractivity contribution >= 4 is 5.69 Å². The van der Waals surface area contributed by atoms with Gasteiger partial charge in [-0.3, -0.25) is 0 Å². The summed E-state index contributed by atoms with van der Waals surface area (Å²) in [6.07, 6.45) is 3.38. The lowest BCUT2D eigenvalue weighted by Crippen LogP contribution is -2.47. The maximum Gasteiger partial charge on any atom is 0.120 e. The molecule has 1 unspecified atom stereocenters. The second-order valence-electron chi connectivity index (χ2n) is 7.20. The van der Waals surface area contributed by atoms with E-state index in [1.807, 2.05) is 6.07 Å². The van der Waals surface area contributed by atoms with Gasteiger partial charge < -0.3 is 19.7 Å². The summed E-state index contributed by atoms with van der Waals surface area (Å²) in [5.74, 6) is 0.929. The molecule has 1 aromatic carbocycles. The molecule has 23 heavy (non-hydrogen) atoms. The van der Waals surface area contributed by atoms with E-state index in [0.29, 0.717) is 12.1 Å². The summed E-state index contributed by atoms with van der Waals surface area (Å²) < 4.78 is 10.9. The highest BCUT2D eigenvalue weighted by Crippen LogP contribution is 2.24. The first-order chi connectivity index (χ1) is 10.9. The van der Waals surface area contributed by atoms with Crippen molar-refractivity contribution in [2.45, 2.75) is 57.7 Å². The molecule has 2 rings (SSSR count). The molecule has 130 valence electrons. The molecule has 0 aliphatic carbocycles. The monoisotopic (exact) mass is 320 g/mol. The van der Waals surface area contributed by atoms with Crippen LogP contribution in [0.1, 0.15) is 40.0 Å². The number of hydrogen-bond acceptors (Lipinski definition) is 4. The normalized spacial score (nSPS) is 18.0. The van der Waals surface area contributed by atoms with Gasteiger partial charge in [-0.1, -0.05) is 6.07 Å². The Kier molecular flexibility index (Phi) is 6.31. The molecular weight excluding hydrogens is 288 g/mol. The molecule has 0 radical (unpaired) electrons. The summed E-state index contributed by atoms with van der Waals surface area (Å²) in [6.45, 7) is 8.73. The van der Waals surface area contributed by atoms with Crippen molar-refractivity contribution in [3.63, 3.8) is 0 Å². The fourth-order valence-electron chi connectivity index (χ4n) is 3.39. The fraction of sp³-hybridized carbons (Fsp3) is 0.684. The molecule has 0 amide bonds. The van der Waals surface area contributed by atoms with Crippen molar-refractivity contribution in [3.05, 3.63) is 24.3 Å². The minimum absolute atomic E-state index is 0.0618. The maximum absolute atomic E-state index is 5.53. The minimum atomic E-state index is -0.0618. The molecule has 4 nitrogen and oxygen atoms in total. The van der Waals surface area contributed by atoms with E-state index < -0.39 is 0 Å². The van der Waals surface area contributed by atoms with Crippen LogP contribution in [-0.2, 0) is 4.74 Å². The van der Waals surface area contributed by atoms with Gasteiger partial charge >= 0.3 is 0 Å². The summed E-state index contributed by atoms with van der Waals surface area (Å²) >= 11 is 0. The molecule has 0 saturated carbocycles. The third kappa shape index (κ3) is 5.40. The van der Waals surface area contributed by atoms with Gasteiger partial charge in [0.15, 0.2) is 0 Å². The number of ether oxygens (including phenoxy) is 2. The lowest BCUT2D eigenvalue weighted by Gasteiger charge is -2.36. The van der Waals surface area contributed by atoms with Gasteiger partial charge in [0.2, 0.25) is 0 Å². The standard InChI is InChI=1S/C19H32N2O2/c1-15(14-19(2,3)23-5)20-16-9-11-21(12-10-16)17-7-6-8-18(13-17)22-4/h6-8,13,15-16,20H,9-12,14H2,1-5H3. The summed E-state index contributed by atoms with van der Waals surface area (Å²) in [4.78, 5) is 2.45. The van der Waals surface area contributed by atoms with Crippen molar-refractivity contribution in [1.82, 2.24) is 5.32 Å². The first-order valence-corrected chi connectivity index (χ1v) is 8.64. The summed E-state index contributed by atoms with van der Waals surface area (Å²) in [5.41, 5.74) is 1.20. The van der Waals surface area contributed by atoms with Crippen LogP contribution >= 0.6 is 0 Å². The van der Waals surface area contributed by atoms with Crippen molar-refractivity contribution in [2.24, 2.45) is 0 Å². The Bertz CT molecular complexity index is 482. The van der Waals surface area contributed by atoms with E-state index in [9.17, 15) is 0 Å². The third-order valence-electron chi connectivity index (χ3n) is 4.78. The smallest absolute Gasteiger partial charge is 0.120 e. The van der Waals surface area contributed by atoms with Crippen LogP contribution in [0.2, 0.25) is 0 Å². The van der Waals surface area contributed by atoms with Crippen LogP contribution in [0.15, 0.2) is 24.3 Å². The molecule has 1 aromatic rings. The van der Waals surface area contributed by atoms with Gasteiger partial charge in [0.05, 0.1) is 12.7 Å². The Morgan fingerprint density at radius 3 is 2.57 bits per heavy atom. The van der Waals surface area contributed by atoms with E-state index in [2.05, 4.69) is 49.2 Å². The minimum Gasteiger partial charge on any atom is -0.497 e. The summed E-state index contributed by atoms with van der Waals surface area (Å²) in [6, 6.07) is 9.42. The van der Waals surface area contributed by atoms with Gasteiger partial charge in [0, 0.05) is 44.0 Å². The number of rotatable bonds is 7. The molecular formula is C19H32N2O2. The van der Waals surface area contributed by atoms with Crippen molar-refractivity contribution in [3.8, 4) is 5.75 Å². The number of methoxy groups -OCH3 is 2. The zero-order valence-corrected chi connectivity index (χ0v) is 15.3. The lowest BCUT2D eigenvalue weighted by atomic mass is 9.97. The number of nitrogens with one attached hydrogen (secondary N) is 1. The lowest BCUT2D eigenvalue weighted by molar-refractivity contribution is 0.00744. The van der Waals surface area contributed by atoms with Crippen molar-refractivity contribution < 1.29 is 9.47 Å². The number of anilines is 1. The second kappa shape index (κ2) is 8.02. The number of benzene rings is 1. The zero-order valence-electron chi connectivity index (χ0n) is 15.3. The zero-order chi connectivity index (χ0) is 16.9. The average molecular weight is 320 g/mol. The van der Waals surface area contributed by atoms with Crippen molar-refractivity contribution in [1.29, 1.82) is 0 Å². The number of piperidine rings is 1. The summed E-state index contributed by atoms with van der Waals surface area (Å²) in [5, 5.41) is 3.77. The van der Waals surface area contributed by atoms with E-state index in [1.54, 1.807) is 14.2 Å². The predicted octanol–water partition coefficient (Wildman–Crippen LogP) is 3.46. The van der Waals surface area contributed by atoms with Crippen LogP contribution < -0.4 is 15.0 Å². The molecule has 1 aliphatic rings. The number of nitrogens with zero attached hydrogens (tertiary/aromatic N) is 1. The highest BCUT2D eigenvalue weighted by atomic mass is 16.5. The van der Waals surface area contributed by atoms with E-state index in [4.69, 9.17) is 9.47 Å². The Labute approximate surface area is 141 Å². The average Bonchev–Trinajstić information content (AvgIpc) is 2.55. The Morgan fingerprint density at radius 2 is 1.96 bits per heavy atom. The van der Waals surface area contributed by atoms with Crippen LogP contribution in [0.5, 0.6) is 5.75 Å². The van der Waals surface area contributed by atoms with Gasteiger partial charge in [-0.05, 0) is 52.2 Å². The molecule has 1 N–H and O–H groups in total. The van der Waals surface area contributed by atoms with Gasteiger partial charge in [0.25, 0.3) is 0 Å². The number of hydrogen-bond donors (Lipinski definition) is 1. The topological polar surface area (TPSA) is 33.7 Å². The van der Waals surface area contributed by atoms with E-state index in [1.165, 1.54) is 18.5 Å². The first-order valence-electron chi connectivity index (χ1n) is 8.64. The molecule has 1 aliphatic heterocycles. The second-order valence-corrected chi connectivity index (χ2v) is 7.20.